The highest BCUT2D eigenvalue weighted by Crippen LogP contribution is 2.33. The number of para-hydroxylation sites is 1. The van der Waals surface area contributed by atoms with Crippen LogP contribution in [0.15, 0.2) is 48.4 Å². The van der Waals surface area contributed by atoms with Gasteiger partial charge in [-0.05, 0) is 25.0 Å². The van der Waals surface area contributed by atoms with Gasteiger partial charge in [0.2, 0.25) is 0 Å². The lowest BCUT2D eigenvalue weighted by atomic mass is 10.1. The molecule has 2 aliphatic rings. The average Bonchev–Trinajstić information content (AvgIpc) is 3.11. The van der Waals surface area contributed by atoms with Crippen LogP contribution in [0.4, 0.5) is 0 Å². The Morgan fingerprint density at radius 3 is 3.04 bits per heavy atom. The van der Waals surface area contributed by atoms with E-state index >= 15 is 0 Å². The van der Waals surface area contributed by atoms with Gasteiger partial charge < -0.3 is 9.64 Å². The molecule has 1 aromatic heterocycles. The Labute approximate surface area is 134 Å². The van der Waals surface area contributed by atoms with Gasteiger partial charge in [0.05, 0.1) is 23.5 Å². The lowest BCUT2D eigenvalue weighted by Gasteiger charge is -2.26. The summed E-state index contributed by atoms with van der Waals surface area (Å²) in [6.07, 6.45) is 8.92. The van der Waals surface area contributed by atoms with Crippen LogP contribution in [0.5, 0.6) is 5.75 Å². The molecule has 0 radical (unpaired) electrons. The van der Waals surface area contributed by atoms with Gasteiger partial charge in [0.1, 0.15) is 12.4 Å². The van der Waals surface area contributed by atoms with E-state index in [1.807, 2.05) is 35.2 Å². The van der Waals surface area contributed by atoms with Crippen molar-refractivity contribution in [2.75, 3.05) is 13.2 Å². The molecule has 116 valence electrons. The van der Waals surface area contributed by atoms with Crippen molar-refractivity contribution in [3.05, 3.63) is 59.7 Å². The molecule has 0 aliphatic carbocycles. The average molecular weight is 307 g/mol. The smallest absolute Gasteiger partial charge is 0.253 e. The van der Waals surface area contributed by atoms with Gasteiger partial charge in [-0.25, -0.2) is 0 Å². The number of ether oxygens (including phenoxy) is 1. The number of rotatable bonds is 2. The fraction of sp³-hybridized carbons (Fsp3) is 0.278. The third-order valence-electron chi connectivity index (χ3n) is 4.34. The minimum absolute atomic E-state index is 0.00858. The Kier molecular flexibility index (Phi) is 3.54. The molecule has 0 saturated carbocycles. The number of amides is 1. The summed E-state index contributed by atoms with van der Waals surface area (Å²) in [6, 6.07) is 7.78. The van der Waals surface area contributed by atoms with E-state index in [0.717, 1.165) is 36.4 Å². The highest BCUT2D eigenvalue weighted by Gasteiger charge is 2.33. The molecule has 5 nitrogen and oxygen atoms in total. The lowest BCUT2D eigenvalue weighted by Crippen LogP contribution is -2.34. The third-order valence-corrected chi connectivity index (χ3v) is 4.34. The van der Waals surface area contributed by atoms with Crippen molar-refractivity contribution in [1.29, 1.82) is 0 Å². The number of carbonyl (C=O) groups excluding carboxylic acids is 1. The van der Waals surface area contributed by atoms with Crippen LogP contribution in [0.2, 0.25) is 0 Å². The van der Waals surface area contributed by atoms with Crippen molar-refractivity contribution in [2.45, 2.75) is 18.9 Å². The number of hydrogen-bond donors (Lipinski definition) is 0. The number of fused-ring (bicyclic) bond motifs is 1. The van der Waals surface area contributed by atoms with Crippen LogP contribution in [0, 0.1) is 0 Å². The number of carbonyl (C=O) groups is 1. The fourth-order valence-corrected chi connectivity index (χ4v) is 3.22. The van der Waals surface area contributed by atoms with E-state index in [1.54, 1.807) is 18.6 Å². The minimum Gasteiger partial charge on any atom is -0.488 e. The maximum atomic E-state index is 12.9. The molecule has 1 amide bonds. The van der Waals surface area contributed by atoms with Gasteiger partial charge in [-0.1, -0.05) is 18.2 Å². The predicted octanol–water partition coefficient (Wildman–Crippen LogP) is 2.62. The first-order valence-electron chi connectivity index (χ1n) is 7.82. The summed E-state index contributed by atoms with van der Waals surface area (Å²) < 4.78 is 5.71. The summed E-state index contributed by atoms with van der Waals surface area (Å²) in [4.78, 5) is 23.3. The topological polar surface area (TPSA) is 55.3 Å². The second-order valence-electron chi connectivity index (χ2n) is 5.78. The van der Waals surface area contributed by atoms with Gasteiger partial charge in [-0.2, -0.15) is 0 Å². The Morgan fingerprint density at radius 1 is 1.26 bits per heavy atom. The first-order valence-corrected chi connectivity index (χ1v) is 7.82. The van der Waals surface area contributed by atoms with Gasteiger partial charge in [0.25, 0.3) is 5.91 Å². The van der Waals surface area contributed by atoms with E-state index in [-0.39, 0.29) is 11.9 Å². The van der Waals surface area contributed by atoms with E-state index < -0.39 is 0 Å². The van der Waals surface area contributed by atoms with E-state index in [2.05, 4.69) is 9.97 Å². The van der Waals surface area contributed by atoms with Gasteiger partial charge in [0, 0.05) is 24.5 Å². The quantitative estimate of drug-likeness (QED) is 0.856. The summed E-state index contributed by atoms with van der Waals surface area (Å²) in [5.41, 5.74) is 2.51. The zero-order valence-corrected chi connectivity index (χ0v) is 12.7. The first kappa shape index (κ1) is 13.9. The molecule has 1 aromatic carbocycles. The summed E-state index contributed by atoms with van der Waals surface area (Å²) in [7, 11) is 0. The summed E-state index contributed by atoms with van der Waals surface area (Å²) >= 11 is 0. The molecule has 1 fully saturated rings. The van der Waals surface area contributed by atoms with Gasteiger partial charge in [0.15, 0.2) is 0 Å². The Morgan fingerprint density at radius 2 is 2.17 bits per heavy atom. The Balaban J connectivity index is 1.61. The number of likely N-dealkylation sites (tertiary alicyclic amines) is 1. The molecular weight excluding hydrogens is 290 g/mol. The highest BCUT2D eigenvalue weighted by molar-refractivity contribution is 5.99. The number of benzene rings is 1. The maximum Gasteiger partial charge on any atom is 0.253 e. The molecule has 1 saturated heterocycles. The summed E-state index contributed by atoms with van der Waals surface area (Å²) in [6.45, 7) is 1.07. The van der Waals surface area contributed by atoms with E-state index in [1.165, 1.54) is 0 Å². The van der Waals surface area contributed by atoms with Crippen molar-refractivity contribution >= 4 is 12.0 Å². The Bertz CT molecular complexity index is 758. The second kappa shape index (κ2) is 5.83. The van der Waals surface area contributed by atoms with Crippen LogP contribution in [0.3, 0.4) is 0 Å². The zero-order chi connectivity index (χ0) is 15.6. The minimum atomic E-state index is 0.00858. The third kappa shape index (κ3) is 2.59. The van der Waals surface area contributed by atoms with E-state index in [9.17, 15) is 4.79 Å². The molecule has 3 heterocycles. The molecule has 0 N–H and O–H groups in total. The Hall–Kier alpha value is -2.69. The second-order valence-corrected chi connectivity index (χ2v) is 5.78. The van der Waals surface area contributed by atoms with Crippen LogP contribution in [0.25, 0.3) is 6.08 Å². The molecule has 5 heteroatoms. The molecule has 2 aromatic rings. The van der Waals surface area contributed by atoms with Gasteiger partial charge >= 0.3 is 0 Å². The molecule has 4 rings (SSSR count). The molecule has 23 heavy (non-hydrogen) atoms. The molecule has 0 bridgehead atoms. The monoisotopic (exact) mass is 307 g/mol. The summed E-state index contributed by atoms with van der Waals surface area (Å²) in [5, 5.41) is 0. The van der Waals surface area contributed by atoms with Crippen molar-refractivity contribution < 1.29 is 9.53 Å². The van der Waals surface area contributed by atoms with Crippen molar-refractivity contribution in [3.8, 4) is 5.75 Å². The molecule has 2 aliphatic heterocycles. The van der Waals surface area contributed by atoms with Crippen LogP contribution in [-0.4, -0.2) is 33.9 Å². The number of aromatic nitrogens is 2. The fourth-order valence-electron chi connectivity index (χ4n) is 3.22. The van der Waals surface area contributed by atoms with Crippen molar-refractivity contribution in [1.82, 2.24) is 14.9 Å². The van der Waals surface area contributed by atoms with Crippen molar-refractivity contribution in [2.24, 2.45) is 0 Å². The molecule has 1 atom stereocenters. The predicted molar refractivity (Wildman–Crippen MR) is 85.6 cm³/mol. The van der Waals surface area contributed by atoms with Gasteiger partial charge in [-0.3, -0.25) is 14.8 Å². The SMILES string of the molecule is O=C(C1=Cc2ccccc2OC1)N1CCCC1c1cnccn1. The maximum absolute atomic E-state index is 12.9. The van der Waals surface area contributed by atoms with Gasteiger partial charge in [-0.15, -0.1) is 0 Å². The molecule has 1 unspecified atom stereocenters. The zero-order valence-electron chi connectivity index (χ0n) is 12.7. The lowest BCUT2D eigenvalue weighted by molar-refractivity contribution is -0.128. The first-order chi connectivity index (χ1) is 11.3. The largest absolute Gasteiger partial charge is 0.488 e. The molecular formula is C18H17N3O2. The van der Waals surface area contributed by atoms with Crippen LogP contribution in [-0.2, 0) is 4.79 Å². The number of nitrogens with zero attached hydrogens (tertiary/aromatic N) is 3. The normalized spacial score (nSPS) is 19.7. The van der Waals surface area contributed by atoms with Crippen LogP contribution in [0.1, 0.15) is 30.1 Å². The van der Waals surface area contributed by atoms with Crippen LogP contribution >= 0.6 is 0 Å². The highest BCUT2D eigenvalue weighted by atomic mass is 16.5. The summed E-state index contributed by atoms with van der Waals surface area (Å²) in [5.74, 6) is 0.864. The van der Waals surface area contributed by atoms with Crippen molar-refractivity contribution in [3.63, 3.8) is 0 Å². The standard InChI is InChI=1S/C18H17N3O2/c22-18(14-10-13-4-1-2-6-17(13)23-12-14)21-9-3-5-16(21)15-11-19-7-8-20-15/h1-2,4,6-8,10-11,16H,3,5,9,12H2. The van der Waals surface area contributed by atoms with E-state index in [4.69, 9.17) is 4.74 Å². The van der Waals surface area contributed by atoms with E-state index in [0.29, 0.717) is 12.2 Å². The molecule has 0 spiro atoms. The number of hydrogen-bond acceptors (Lipinski definition) is 4. The van der Waals surface area contributed by atoms with Crippen LogP contribution < -0.4 is 4.74 Å².